The molecule has 6 heteroatoms. The zero-order chi connectivity index (χ0) is 13.5. The molecule has 0 aliphatic heterocycles. The minimum absolute atomic E-state index is 0.0855. The van der Waals surface area contributed by atoms with Crippen LogP contribution in [0.5, 0.6) is 0 Å². The molecule has 2 aromatic rings. The Morgan fingerprint density at radius 2 is 2.11 bits per heavy atom. The van der Waals surface area contributed by atoms with Crippen molar-refractivity contribution >= 4 is 33.1 Å². The Labute approximate surface area is 112 Å². The highest BCUT2D eigenvalue weighted by atomic mass is 32.2. The normalized spacial score (nSPS) is 13.9. The van der Waals surface area contributed by atoms with Gasteiger partial charge in [0.1, 0.15) is 9.84 Å². The first kappa shape index (κ1) is 13.3. The molecule has 0 fully saturated rings. The van der Waals surface area contributed by atoms with E-state index < -0.39 is 9.84 Å². The summed E-state index contributed by atoms with van der Waals surface area (Å²) in [4.78, 5) is 3.14. The van der Waals surface area contributed by atoms with E-state index in [1.54, 1.807) is 0 Å². The van der Waals surface area contributed by atoms with E-state index in [0.717, 1.165) is 16.6 Å². The monoisotopic (exact) mass is 284 g/mol. The van der Waals surface area contributed by atoms with Crippen LogP contribution in [0.3, 0.4) is 0 Å². The number of sulfone groups is 1. The molecular formula is C12H16N2O2S2. The van der Waals surface area contributed by atoms with Crippen LogP contribution in [0.1, 0.15) is 18.5 Å². The van der Waals surface area contributed by atoms with Crippen molar-refractivity contribution in [1.29, 1.82) is 0 Å². The zero-order valence-corrected chi connectivity index (χ0v) is 12.2. The number of hydrogen-bond donors (Lipinski definition) is 1. The Morgan fingerprint density at radius 3 is 2.72 bits per heavy atom. The van der Waals surface area contributed by atoms with Crippen LogP contribution < -0.4 is 0 Å². The SMILES string of the molecule is Cc1cccc2c1[nH]c(=S)n2C(C)CS(C)(=O)=O. The molecule has 0 aliphatic carbocycles. The molecule has 0 amide bonds. The molecule has 1 unspecified atom stereocenters. The predicted octanol–water partition coefficient (Wildman–Crippen LogP) is 2.61. The van der Waals surface area contributed by atoms with Gasteiger partial charge in [0, 0.05) is 12.3 Å². The number of aromatic nitrogens is 2. The van der Waals surface area contributed by atoms with Crippen molar-refractivity contribution < 1.29 is 8.42 Å². The van der Waals surface area contributed by atoms with E-state index in [1.165, 1.54) is 6.26 Å². The lowest BCUT2D eigenvalue weighted by molar-refractivity contribution is 0.566. The lowest BCUT2D eigenvalue weighted by atomic mass is 10.2. The Balaban J connectivity index is 2.61. The maximum Gasteiger partial charge on any atom is 0.178 e. The van der Waals surface area contributed by atoms with Crippen molar-refractivity contribution in [3.05, 3.63) is 28.5 Å². The summed E-state index contributed by atoms with van der Waals surface area (Å²) < 4.78 is 25.2. The number of aryl methyl sites for hydroxylation is 1. The Hall–Kier alpha value is -1.14. The maximum atomic E-state index is 11.4. The van der Waals surface area contributed by atoms with Gasteiger partial charge in [-0.2, -0.15) is 0 Å². The fraction of sp³-hybridized carbons (Fsp3) is 0.417. The van der Waals surface area contributed by atoms with E-state index in [0.29, 0.717) is 4.77 Å². The third-order valence-corrected chi connectivity index (χ3v) is 4.33. The Kier molecular flexibility index (Phi) is 3.33. The van der Waals surface area contributed by atoms with Gasteiger partial charge in [-0.05, 0) is 37.7 Å². The van der Waals surface area contributed by atoms with Crippen molar-refractivity contribution in [3.8, 4) is 0 Å². The van der Waals surface area contributed by atoms with E-state index in [-0.39, 0.29) is 11.8 Å². The minimum Gasteiger partial charge on any atom is -0.330 e. The topological polar surface area (TPSA) is 54.9 Å². The molecule has 2 rings (SSSR count). The van der Waals surface area contributed by atoms with Crippen LogP contribution in [0.15, 0.2) is 18.2 Å². The number of rotatable bonds is 3. The minimum atomic E-state index is -3.03. The van der Waals surface area contributed by atoms with Crippen LogP contribution in [-0.2, 0) is 9.84 Å². The van der Waals surface area contributed by atoms with Gasteiger partial charge in [0.15, 0.2) is 4.77 Å². The number of benzene rings is 1. The largest absolute Gasteiger partial charge is 0.330 e. The van der Waals surface area contributed by atoms with Crippen LogP contribution >= 0.6 is 12.2 Å². The van der Waals surface area contributed by atoms with Gasteiger partial charge in [-0.25, -0.2) is 8.42 Å². The van der Waals surface area contributed by atoms with Crippen molar-refractivity contribution in [2.45, 2.75) is 19.9 Å². The first-order valence-corrected chi connectivity index (χ1v) is 8.14. The second-order valence-electron chi connectivity index (χ2n) is 4.71. The molecule has 1 atom stereocenters. The molecule has 0 saturated heterocycles. The molecule has 4 nitrogen and oxygen atoms in total. The first-order valence-electron chi connectivity index (χ1n) is 5.67. The highest BCUT2D eigenvalue weighted by Crippen LogP contribution is 2.22. The van der Waals surface area contributed by atoms with Gasteiger partial charge in [0.2, 0.25) is 0 Å². The number of fused-ring (bicyclic) bond motifs is 1. The first-order chi connectivity index (χ1) is 8.29. The summed E-state index contributed by atoms with van der Waals surface area (Å²) in [7, 11) is -3.03. The summed E-state index contributed by atoms with van der Waals surface area (Å²) in [5, 5.41) is 0. The average molecular weight is 284 g/mol. The van der Waals surface area contributed by atoms with Crippen LogP contribution in [0.25, 0.3) is 11.0 Å². The van der Waals surface area contributed by atoms with Crippen molar-refractivity contribution in [2.75, 3.05) is 12.0 Å². The summed E-state index contributed by atoms with van der Waals surface area (Å²) >= 11 is 5.29. The van der Waals surface area contributed by atoms with Crippen LogP contribution in [0, 0.1) is 11.7 Å². The van der Waals surface area contributed by atoms with E-state index >= 15 is 0 Å². The fourth-order valence-corrected chi connectivity index (χ4v) is 3.65. The van der Waals surface area contributed by atoms with E-state index in [9.17, 15) is 8.42 Å². The number of imidazole rings is 1. The molecule has 18 heavy (non-hydrogen) atoms. The van der Waals surface area contributed by atoms with E-state index in [1.807, 2.05) is 36.6 Å². The fourth-order valence-electron chi connectivity index (χ4n) is 2.24. The van der Waals surface area contributed by atoms with Gasteiger partial charge < -0.3 is 9.55 Å². The number of para-hydroxylation sites is 1. The summed E-state index contributed by atoms with van der Waals surface area (Å²) in [6, 6.07) is 5.72. The highest BCUT2D eigenvalue weighted by molar-refractivity contribution is 7.90. The van der Waals surface area contributed by atoms with E-state index in [2.05, 4.69) is 4.98 Å². The lowest BCUT2D eigenvalue weighted by Crippen LogP contribution is -2.16. The third kappa shape index (κ3) is 2.49. The molecular weight excluding hydrogens is 268 g/mol. The number of H-pyrrole nitrogens is 1. The number of nitrogens with one attached hydrogen (secondary N) is 1. The third-order valence-electron chi connectivity index (χ3n) is 2.95. The average Bonchev–Trinajstić information content (AvgIpc) is 2.53. The van der Waals surface area contributed by atoms with Crippen LogP contribution in [0.2, 0.25) is 0 Å². The molecule has 0 spiro atoms. The number of nitrogens with zero attached hydrogens (tertiary/aromatic N) is 1. The van der Waals surface area contributed by atoms with Gasteiger partial charge in [0.25, 0.3) is 0 Å². The molecule has 0 saturated carbocycles. The summed E-state index contributed by atoms with van der Waals surface area (Å²) in [5.74, 6) is 0.0855. The predicted molar refractivity (Wildman–Crippen MR) is 76.3 cm³/mol. The van der Waals surface area contributed by atoms with Gasteiger partial charge >= 0.3 is 0 Å². The van der Waals surface area contributed by atoms with E-state index in [4.69, 9.17) is 12.2 Å². The molecule has 98 valence electrons. The number of hydrogen-bond acceptors (Lipinski definition) is 3. The smallest absolute Gasteiger partial charge is 0.178 e. The van der Waals surface area contributed by atoms with Gasteiger partial charge in [0.05, 0.1) is 16.8 Å². The molecule has 1 heterocycles. The van der Waals surface area contributed by atoms with Crippen molar-refractivity contribution in [1.82, 2.24) is 9.55 Å². The number of aromatic amines is 1. The van der Waals surface area contributed by atoms with Gasteiger partial charge in [-0.3, -0.25) is 0 Å². The van der Waals surface area contributed by atoms with Gasteiger partial charge in [-0.1, -0.05) is 12.1 Å². The second-order valence-corrected chi connectivity index (χ2v) is 7.28. The lowest BCUT2D eigenvalue weighted by Gasteiger charge is -2.13. The quantitative estimate of drug-likeness (QED) is 0.882. The van der Waals surface area contributed by atoms with Crippen molar-refractivity contribution in [2.24, 2.45) is 0 Å². The molecule has 0 bridgehead atoms. The molecule has 1 aromatic carbocycles. The molecule has 1 N–H and O–H groups in total. The highest BCUT2D eigenvalue weighted by Gasteiger charge is 2.16. The van der Waals surface area contributed by atoms with Gasteiger partial charge in [-0.15, -0.1) is 0 Å². The second kappa shape index (κ2) is 4.51. The Bertz CT molecular complexity index is 741. The molecule has 0 radical (unpaired) electrons. The van der Waals surface area contributed by atoms with Crippen LogP contribution in [-0.4, -0.2) is 30.0 Å². The maximum absolute atomic E-state index is 11.4. The van der Waals surface area contributed by atoms with Crippen LogP contribution in [0.4, 0.5) is 0 Å². The summed E-state index contributed by atoms with van der Waals surface area (Å²) in [6.07, 6.45) is 1.24. The standard InChI is InChI=1S/C12H16N2O2S2/c1-8-5-4-6-10-11(8)13-12(17)14(10)9(2)7-18(3,15)16/h4-6,9H,7H2,1-3H3,(H,13,17). The van der Waals surface area contributed by atoms with Crippen molar-refractivity contribution in [3.63, 3.8) is 0 Å². The zero-order valence-electron chi connectivity index (χ0n) is 10.6. The summed E-state index contributed by atoms with van der Waals surface area (Å²) in [6.45, 7) is 3.87. The summed E-state index contributed by atoms with van der Waals surface area (Å²) in [5.41, 5.74) is 3.03. The Morgan fingerprint density at radius 1 is 1.44 bits per heavy atom. The molecule has 1 aromatic heterocycles. The molecule has 0 aliphatic rings.